The Morgan fingerprint density at radius 2 is 2.35 bits per heavy atom. The van der Waals surface area contributed by atoms with Gasteiger partial charge in [-0.1, -0.05) is 0 Å². The monoisotopic (exact) mass is 252 g/mol. The van der Waals surface area contributed by atoms with Gasteiger partial charge in [-0.25, -0.2) is 4.98 Å². The quantitative estimate of drug-likeness (QED) is 0.874. The van der Waals surface area contributed by atoms with E-state index in [-0.39, 0.29) is 0 Å². The van der Waals surface area contributed by atoms with Crippen molar-refractivity contribution in [3.63, 3.8) is 0 Å². The molecule has 0 aromatic carbocycles. The van der Waals surface area contributed by atoms with Crippen LogP contribution in [0, 0.1) is 0 Å². The molecular formula is C11H16N4OS. The van der Waals surface area contributed by atoms with Crippen LogP contribution < -0.4 is 5.32 Å². The molecule has 1 N–H and O–H groups in total. The Bertz CT molecular complexity index is 468. The lowest BCUT2D eigenvalue weighted by Gasteiger charge is -1.98. The first kappa shape index (κ1) is 12.2. The third kappa shape index (κ3) is 2.71. The fraction of sp³-hybridized carbons (Fsp3) is 0.455. The third-order valence-electron chi connectivity index (χ3n) is 2.33. The Labute approximate surface area is 104 Å². The first-order valence-electron chi connectivity index (χ1n) is 5.36. The summed E-state index contributed by atoms with van der Waals surface area (Å²) in [6, 6.07) is 1.97. The standard InChI is InChI=1S/C11H16N4OS/c1-12-6-10-9(7-16-3)13-11(17-10)8-4-5-15(2)14-8/h4-5,12H,6-7H2,1-3H3. The van der Waals surface area contributed by atoms with Crippen LogP contribution in [0.5, 0.6) is 0 Å². The molecule has 0 bridgehead atoms. The van der Waals surface area contributed by atoms with Crippen LogP contribution >= 0.6 is 11.3 Å². The van der Waals surface area contributed by atoms with Gasteiger partial charge in [0.2, 0.25) is 0 Å². The molecule has 2 aromatic heterocycles. The fourth-order valence-electron chi connectivity index (χ4n) is 1.57. The second-order valence-electron chi connectivity index (χ2n) is 3.73. The summed E-state index contributed by atoms with van der Waals surface area (Å²) in [5.74, 6) is 0. The van der Waals surface area contributed by atoms with Crippen molar-refractivity contribution >= 4 is 11.3 Å². The largest absolute Gasteiger partial charge is 0.378 e. The van der Waals surface area contributed by atoms with Gasteiger partial charge in [-0.3, -0.25) is 4.68 Å². The van der Waals surface area contributed by atoms with Crippen LogP contribution in [0.25, 0.3) is 10.7 Å². The molecule has 2 heterocycles. The number of rotatable bonds is 5. The number of methoxy groups -OCH3 is 1. The van der Waals surface area contributed by atoms with Gasteiger partial charge in [0.1, 0.15) is 10.7 Å². The summed E-state index contributed by atoms with van der Waals surface area (Å²) in [6.07, 6.45) is 1.92. The zero-order valence-electron chi connectivity index (χ0n) is 10.2. The average Bonchev–Trinajstić information content (AvgIpc) is 2.87. The maximum Gasteiger partial charge on any atom is 0.144 e. The molecule has 5 nitrogen and oxygen atoms in total. The van der Waals surface area contributed by atoms with E-state index in [4.69, 9.17) is 4.74 Å². The second kappa shape index (κ2) is 5.39. The molecule has 0 radical (unpaired) electrons. The molecule has 0 unspecified atom stereocenters. The summed E-state index contributed by atoms with van der Waals surface area (Å²) in [4.78, 5) is 5.78. The Morgan fingerprint density at radius 3 is 2.94 bits per heavy atom. The van der Waals surface area contributed by atoms with Crippen LogP contribution in [-0.4, -0.2) is 28.9 Å². The number of aromatic nitrogens is 3. The molecule has 0 atom stereocenters. The fourth-order valence-corrected chi connectivity index (χ4v) is 2.61. The summed E-state index contributed by atoms with van der Waals surface area (Å²) in [5, 5.41) is 8.45. The van der Waals surface area contributed by atoms with Crippen molar-refractivity contribution in [3.8, 4) is 10.7 Å². The van der Waals surface area contributed by atoms with Crippen molar-refractivity contribution in [1.29, 1.82) is 0 Å². The third-order valence-corrected chi connectivity index (χ3v) is 3.45. The summed E-state index contributed by atoms with van der Waals surface area (Å²) in [7, 11) is 5.52. The molecule has 0 fully saturated rings. The minimum atomic E-state index is 0.542. The summed E-state index contributed by atoms with van der Waals surface area (Å²) < 4.78 is 6.94. The van der Waals surface area contributed by atoms with Crippen LogP contribution in [0.2, 0.25) is 0 Å². The predicted octanol–water partition coefficient (Wildman–Crippen LogP) is 1.41. The van der Waals surface area contributed by atoms with Gasteiger partial charge >= 0.3 is 0 Å². The smallest absolute Gasteiger partial charge is 0.144 e. The van der Waals surface area contributed by atoms with Crippen molar-refractivity contribution in [1.82, 2.24) is 20.1 Å². The average molecular weight is 252 g/mol. The number of thiazole rings is 1. The summed E-state index contributed by atoms with van der Waals surface area (Å²) >= 11 is 1.66. The van der Waals surface area contributed by atoms with E-state index in [2.05, 4.69) is 15.4 Å². The van der Waals surface area contributed by atoms with E-state index in [1.54, 1.807) is 23.1 Å². The molecule has 6 heteroatoms. The minimum absolute atomic E-state index is 0.542. The number of hydrogen-bond acceptors (Lipinski definition) is 5. The van der Waals surface area contributed by atoms with E-state index < -0.39 is 0 Å². The van der Waals surface area contributed by atoms with E-state index in [1.165, 1.54) is 4.88 Å². The van der Waals surface area contributed by atoms with Gasteiger partial charge in [0.25, 0.3) is 0 Å². The van der Waals surface area contributed by atoms with Gasteiger partial charge in [0.15, 0.2) is 0 Å². The lowest BCUT2D eigenvalue weighted by molar-refractivity contribution is 0.181. The number of hydrogen-bond donors (Lipinski definition) is 1. The molecule has 17 heavy (non-hydrogen) atoms. The molecule has 2 rings (SSSR count). The molecule has 0 saturated carbocycles. The number of aryl methyl sites for hydroxylation is 1. The normalized spacial score (nSPS) is 11.0. The number of nitrogens with zero attached hydrogens (tertiary/aromatic N) is 3. The number of nitrogens with one attached hydrogen (secondary N) is 1. The highest BCUT2D eigenvalue weighted by atomic mass is 32.1. The van der Waals surface area contributed by atoms with Crippen LogP contribution in [0.1, 0.15) is 10.6 Å². The van der Waals surface area contributed by atoms with Gasteiger partial charge in [-0.05, 0) is 13.1 Å². The highest BCUT2D eigenvalue weighted by Crippen LogP contribution is 2.27. The van der Waals surface area contributed by atoms with E-state index in [1.807, 2.05) is 26.4 Å². The van der Waals surface area contributed by atoms with Crippen LogP contribution in [0.4, 0.5) is 0 Å². The molecule has 0 aliphatic rings. The van der Waals surface area contributed by atoms with E-state index in [9.17, 15) is 0 Å². The highest BCUT2D eigenvalue weighted by molar-refractivity contribution is 7.15. The van der Waals surface area contributed by atoms with Crippen LogP contribution in [0.15, 0.2) is 12.3 Å². The Kier molecular flexibility index (Phi) is 3.88. The summed E-state index contributed by atoms with van der Waals surface area (Å²) in [6.45, 7) is 1.35. The maximum atomic E-state index is 5.16. The number of ether oxygens (including phenoxy) is 1. The van der Waals surface area contributed by atoms with Crippen molar-refractivity contribution in [2.75, 3.05) is 14.2 Å². The second-order valence-corrected chi connectivity index (χ2v) is 4.81. The van der Waals surface area contributed by atoms with Crippen molar-refractivity contribution in [2.45, 2.75) is 13.2 Å². The van der Waals surface area contributed by atoms with Crippen molar-refractivity contribution in [2.24, 2.45) is 7.05 Å². The molecule has 0 saturated heterocycles. The topological polar surface area (TPSA) is 52.0 Å². The molecule has 92 valence electrons. The molecule has 2 aromatic rings. The van der Waals surface area contributed by atoms with Gasteiger partial charge in [0, 0.05) is 31.8 Å². The zero-order valence-corrected chi connectivity index (χ0v) is 11.0. The molecule has 0 aliphatic carbocycles. The zero-order chi connectivity index (χ0) is 12.3. The SMILES string of the molecule is CNCc1sc(-c2ccn(C)n2)nc1COC. The van der Waals surface area contributed by atoms with E-state index in [0.717, 1.165) is 22.9 Å². The van der Waals surface area contributed by atoms with E-state index >= 15 is 0 Å². The summed E-state index contributed by atoms with van der Waals surface area (Å²) in [5.41, 5.74) is 1.91. The van der Waals surface area contributed by atoms with Gasteiger partial charge in [-0.2, -0.15) is 5.10 Å². The Balaban J connectivity index is 2.32. The molecule has 0 amide bonds. The van der Waals surface area contributed by atoms with E-state index in [0.29, 0.717) is 6.61 Å². The molecule has 0 aliphatic heterocycles. The maximum absolute atomic E-state index is 5.16. The van der Waals surface area contributed by atoms with Gasteiger partial charge < -0.3 is 10.1 Å². The first-order chi connectivity index (χ1) is 8.24. The van der Waals surface area contributed by atoms with Gasteiger partial charge in [0.05, 0.1) is 12.3 Å². The molecular weight excluding hydrogens is 236 g/mol. The lowest BCUT2D eigenvalue weighted by Crippen LogP contribution is -2.06. The van der Waals surface area contributed by atoms with Gasteiger partial charge in [-0.15, -0.1) is 11.3 Å². The van der Waals surface area contributed by atoms with Crippen LogP contribution in [-0.2, 0) is 24.9 Å². The highest BCUT2D eigenvalue weighted by Gasteiger charge is 2.13. The Morgan fingerprint density at radius 1 is 1.53 bits per heavy atom. The Hall–Kier alpha value is -1.24. The van der Waals surface area contributed by atoms with Crippen LogP contribution in [0.3, 0.4) is 0 Å². The lowest BCUT2D eigenvalue weighted by atomic mass is 10.3. The predicted molar refractivity (Wildman–Crippen MR) is 67.8 cm³/mol. The van der Waals surface area contributed by atoms with Crippen molar-refractivity contribution in [3.05, 3.63) is 22.8 Å². The van der Waals surface area contributed by atoms with Crippen molar-refractivity contribution < 1.29 is 4.74 Å². The molecule has 0 spiro atoms. The minimum Gasteiger partial charge on any atom is -0.378 e. The first-order valence-corrected chi connectivity index (χ1v) is 6.18.